The van der Waals surface area contributed by atoms with Gasteiger partial charge < -0.3 is 20.5 Å². The summed E-state index contributed by atoms with van der Waals surface area (Å²) >= 11 is 0. The number of nitrogens with zero attached hydrogens (tertiary/aromatic N) is 3. The minimum Gasteiger partial charge on any atom is -0.362 e. The normalized spacial score (nSPS) is 17.9. The van der Waals surface area contributed by atoms with E-state index in [1.165, 1.54) is 0 Å². The lowest BCUT2D eigenvalue weighted by molar-refractivity contribution is -0.117. The lowest BCUT2D eigenvalue weighted by Gasteiger charge is -2.29. The van der Waals surface area contributed by atoms with Crippen molar-refractivity contribution in [3.63, 3.8) is 0 Å². The van der Waals surface area contributed by atoms with Crippen molar-refractivity contribution in [3.8, 4) is 0 Å². The number of amides is 1. The van der Waals surface area contributed by atoms with Crippen molar-refractivity contribution in [2.24, 2.45) is 5.92 Å². The number of anilines is 2. The van der Waals surface area contributed by atoms with Gasteiger partial charge in [0.15, 0.2) is 0 Å². The third kappa shape index (κ3) is 4.82. The molecule has 0 spiro atoms. The van der Waals surface area contributed by atoms with Gasteiger partial charge in [-0.25, -0.2) is 4.98 Å². The number of rotatable bonds is 7. The highest BCUT2D eigenvalue weighted by atomic mass is 16.2. The number of ketones is 1. The molecular weight excluding hydrogens is 440 g/mol. The molecule has 1 saturated carbocycles. The first-order valence-corrected chi connectivity index (χ1v) is 12.1. The molecule has 1 aliphatic rings. The van der Waals surface area contributed by atoms with Crippen molar-refractivity contribution in [2.45, 2.75) is 31.7 Å². The highest BCUT2D eigenvalue weighted by Crippen LogP contribution is 2.28. The summed E-state index contributed by atoms with van der Waals surface area (Å²) in [6, 6.07) is 15.8. The molecule has 0 bridgehead atoms. The molecule has 0 unspecified atom stereocenters. The van der Waals surface area contributed by atoms with Gasteiger partial charge in [-0.15, -0.1) is 0 Å². The molecule has 3 N–H and O–H groups in total. The number of para-hydroxylation sites is 2. The molecule has 0 aliphatic heterocycles. The number of benzene rings is 2. The fourth-order valence-electron chi connectivity index (χ4n) is 4.86. The van der Waals surface area contributed by atoms with Crippen molar-refractivity contribution in [1.82, 2.24) is 20.3 Å². The number of aromatic nitrogens is 3. The largest absolute Gasteiger partial charge is 0.362 e. The third-order valence-electron chi connectivity index (χ3n) is 6.78. The van der Waals surface area contributed by atoms with E-state index in [4.69, 9.17) is 9.97 Å². The predicted octanol–water partition coefficient (Wildman–Crippen LogP) is 4.15. The van der Waals surface area contributed by atoms with Crippen LogP contribution in [-0.2, 0) is 4.79 Å². The van der Waals surface area contributed by atoms with Crippen molar-refractivity contribution < 1.29 is 9.59 Å². The summed E-state index contributed by atoms with van der Waals surface area (Å²) in [5.41, 5.74) is 2.19. The number of hydrogen-bond acceptors (Lipinski definition) is 6. The number of aromatic amines is 1. The fourth-order valence-corrected chi connectivity index (χ4v) is 4.86. The quantitative estimate of drug-likeness (QED) is 0.277. The van der Waals surface area contributed by atoms with Crippen LogP contribution in [0.4, 0.5) is 11.8 Å². The molecule has 0 radical (unpaired) electrons. The molecule has 2 heterocycles. The maximum Gasteiger partial charge on any atom is 0.292 e. The Labute approximate surface area is 204 Å². The third-order valence-corrected chi connectivity index (χ3v) is 6.78. The van der Waals surface area contributed by atoms with Crippen LogP contribution in [0.2, 0.25) is 0 Å². The molecule has 5 rings (SSSR count). The van der Waals surface area contributed by atoms with Crippen LogP contribution in [0, 0.1) is 5.92 Å². The Kier molecular flexibility index (Phi) is 6.35. The number of nitrogens with one attached hydrogen (secondary N) is 3. The second kappa shape index (κ2) is 9.74. The summed E-state index contributed by atoms with van der Waals surface area (Å²) in [4.78, 5) is 39.7. The Morgan fingerprint density at radius 3 is 2.46 bits per heavy atom. The molecule has 8 heteroatoms. The molecule has 180 valence electrons. The lowest BCUT2D eigenvalue weighted by Crippen LogP contribution is -2.37. The van der Waals surface area contributed by atoms with Crippen LogP contribution in [0.3, 0.4) is 0 Å². The summed E-state index contributed by atoms with van der Waals surface area (Å²) in [5, 5.41) is 8.17. The van der Waals surface area contributed by atoms with Gasteiger partial charge in [0, 0.05) is 49.2 Å². The Hall–Kier alpha value is -3.94. The number of carbonyl (C=O) groups excluding carboxylic acids is 2. The van der Waals surface area contributed by atoms with E-state index in [0.717, 1.165) is 53.3 Å². The SMILES string of the molecule is CN(C)c1nc(N[C@H]2CC[C@@H](CNC(=O)C(=O)c3c[nH]c4ccccc34)CC2)nc2ccccc12. The van der Waals surface area contributed by atoms with E-state index < -0.39 is 11.7 Å². The van der Waals surface area contributed by atoms with Gasteiger partial charge in [-0.1, -0.05) is 30.3 Å². The zero-order chi connectivity index (χ0) is 24.4. The van der Waals surface area contributed by atoms with Gasteiger partial charge in [-0.05, 0) is 49.8 Å². The van der Waals surface area contributed by atoms with Gasteiger partial charge in [0.05, 0.1) is 11.1 Å². The van der Waals surface area contributed by atoms with E-state index in [-0.39, 0.29) is 6.04 Å². The van der Waals surface area contributed by atoms with Gasteiger partial charge >= 0.3 is 0 Å². The highest BCUT2D eigenvalue weighted by Gasteiger charge is 2.25. The fraction of sp³-hybridized carbons (Fsp3) is 0.333. The van der Waals surface area contributed by atoms with Crippen molar-refractivity contribution in [2.75, 3.05) is 30.9 Å². The Morgan fingerprint density at radius 2 is 1.69 bits per heavy atom. The molecule has 0 atom stereocenters. The van der Waals surface area contributed by atoms with E-state index in [0.29, 0.717) is 24.0 Å². The van der Waals surface area contributed by atoms with Gasteiger partial charge in [-0.2, -0.15) is 4.98 Å². The summed E-state index contributed by atoms with van der Waals surface area (Å²) < 4.78 is 0. The minimum atomic E-state index is -0.546. The van der Waals surface area contributed by atoms with Gasteiger partial charge in [0.2, 0.25) is 5.95 Å². The topological polar surface area (TPSA) is 103 Å². The summed E-state index contributed by atoms with van der Waals surface area (Å²) in [6.07, 6.45) is 5.47. The molecular formula is C27H30N6O2. The van der Waals surface area contributed by atoms with E-state index in [1.807, 2.05) is 67.5 Å². The first-order chi connectivity index (χ1) is 17.0. The maximum absolute atomic E-state index is 12.7. The van der Waals surface area contributed by atoms with E-state index >= 15 is 0 Å². The zero-order valence-electron chi connectivity index (χ0n) is 20.0. The number of Topliss-reactive ketones (excluding diaryl/α,β-unsaturated/α-hetero) is 1. The van der Waals surface area contributed by atoms with Crippen LogP contribution in [0.15, 0.2) is 54.7 Å². The number of carbonyl (C=O) groups is 2. The van der Waals surface area contributed by atoms with Gasteiger partial charge in [-0.3, -0.25) is 9.59 Å². The summed E-state index contributed by atoms with van der Waals surface area (Å²) in [7, 11) is 3.97. The van der Waals surface area contributed by atoms with Crippen LogP contribution in [0.25, 0.3) is 21.8 Å². The molecule has 35 heavy (non-hydrogen) atoms. The van der Waals surface area contributed by atoms with Crippen LogP contribution >= 0.6 is 0 Å². The van der Waals surface area contributed by atoms with E-state index in [1.54, 1.807) is 6.20 Å². The summed E-state index contributed by atoms with van der Waals surface area (Å²) in [6.45, 7) is 0.511. The molecule has 4 aromatic rings. The zero-order valence-corrected chi connectivity index (χ0v) is 20.0. The smallest absolute Gasteiger partial charge is 0.292 e. The van der Waals surface area contributed by atoms with Gasteiger partial charge in [0.1, 0.15) is 5.82 Å². The lowest BCUT2D eigenvalue weighted by atomic mass is 9.86. The molecule has 2 aromatic heterocycles. The summed E-state index contributed by atoms with van der Waals surface area (Å²) in [5.74, 6) is 0.851. The molecule has 8 nitrogen and oxygen atoms in total. The van der Waals surface area contributed by atoms with Crippen LogP contribution in [0.1, 0.15) is 36.0 Å². The number of hydrogen-bond donors (Lipinski definition) is 3. The van der Waals surface area contributed by atoms with Gasteiger partial charge in [0.25, 0.3) is 11.7 Å². The monoisotopic (exact) mass is 470 g/mol. The highest BCUT2D eigenvalue weighted by molar-refractivity contribution is 6.44. The Morgan fingerprint density at radius 1 is 0.971 bits per heavy atom. The van der Waals surface area contributed by atoms with Crippen molar-refractivity contribution >= 4 is 45.3 Å². The Bertz CT molecular complexity index is 1370. The number of H-pyrrole nitrogens is 1. The molecule has 0 saturated heterocycles. The standard InChI is InChI=1S/C27H30N6O2/c1-33(2)25-20-8-4-6-10-23(20)31-27(32-25)30-18-13-11-17(12-14-18)15-29-26(35)24(34)21-16-28-22-9-5-3-7-19(21)22/h3-10,16-18,28H,11-15H2,1-2H3,(H,29,35)(H,30,31,32)/t17-,18+. The van der Waals surface area contributed by atoms with E-state index in [9.17, 15) is 9.59 Å². The average molecular weight is 471 g/mol. The first-order valence-electron chi connectivity index (χ1n) is 12.1. The van der Waals surface area contributed by atoms with Crippen molar-refractivity contribution in [1.29, 1.82) is 0 Å². The Balaban J connectivity index is 1.15. The first kappa shape index (κ1) is 22.8. The molecule has 1 amide bonds. The average Bonchev–Trinajstić information content (AvgIpc) is 3.31. The van der Waals surface area contributed by atoms with Crippen LogP contribution in [-0.4, -0.2) is 53.3 Å². The van der Waals surface area contributed by atoms with Crippen LogP contribution < -0.4 is 15.5 Å². The van der Waals surface area contributed by atoms with E-state index in [2.05, 4.69) is 15.6 Å². The van der Waals surface area contributed by atoms with Crippen molar-refractivity contribution in [3.05, 3.63) is 60.3 Å². The molecule has 1 fully saturated rings. The molecule has 2 aromatic carbocycles. The second-order valence-electron chi connectivity index (χ2n) is 9.43. The second-order valence-corrected chi connectivity index (χ2v) is 9.43. The predicted molar refractivity (Wildman–Crippen MR) is 139 cm³/mol. The van der Waals surface area contributed by atoms with Crippen LogP contribution in [0.5, 0.6) is 0 Å². The minimum absolute atomic E-state index is 0.283. The maximum atomic E-state index is 12.7. The number of fused-ring (bicyclic) bond motifs is 2. The molecule has 1 aliphatic carbocycles.